The number of halogens is 1. The fourth-order valence-corrected chi connectivity index (χ4v) is 1.27. The van der Waals surface area contributed by atoms with Crippen LogP contribution in [-0.4, -0.2) is 19.0 Å². The Balaban J connectivity index is 2.26. The van der Waals surface area contributed by atoms with Gasteiger partial charge in [-0.3, -0.25) is 4.79 Å². The summed E-state index contributed by atoms with van der Waals surface area (Å²) in [5, 5.41) is 5.41. The standard InChI is InChI=1S/C13H15FN2O/c1-2-3-6-9-15-10-13(17)16-12-8-5-4-7-11(12)14/h1,4-5,7-8,15H,3,6,9-10H2,(H,16,17). The van der Waals surface area contributed by atoms with Crippen LogP contribution in [0.1, 0.15) is 12.8 Å². The molecule has 17 heavy (non-hydrogen) atoms. The summed E-state index contributed by atoms with van der Waals surface area (Å²) in [6.45, 7) is 0.827. The summed E-state index contributed by atoms with van der Waals surface area (Å²) < 4.78 is 13.2. The average molecular weight is 234 g/mol. The summed E-state index contributed by atoms with van der Waals surface area (Å²) in [6.07, 6.45) is 6.60. The van der Waals surface area contributed by atoms with Gasteiger partial charge in [0, 0.05) is 6.42 Å². The molecule has 90 valence electrons. The molecular weight excluding hydrogens is 219 g/mol. The molecular formula is C13H15FN2O. The molecule has 1 aromatic rings. The lowest BCUT2D eigenvalue weighted by molar-refractivity contribution is -0.115. The van der Waals surface area contributed by atoms with Gasteiger partial charge in [0.15, 0.2) is 0 Å². The topological polar surface area (TPSA) is 41.1 Å². The van der Waals surface area contributed by atoms with E-state index in [4.69, 9.17) is 6.42 Å². The van der Waals surface area contributed by atoms with E-state index in [1.54, 1.807) is 12.1 Å². The molecule has 4 heteroatoms. The maximum Gasteiger partial charge on any atom is 0.238 e. The Bertz CT molecular complexity index is 412. The Morgan fingerprint density at radius 3 is 2.88 bits per heavy atom. The molecule has 0 fully saturated rings. The number of nitrogens with one attached hydrogen (secondary N) is 2. The van der Waals surface area contributed by atoms with Crippen LogP contribution in [0.15, 0.2) is 24.3 Å². The number of unbranched alkanes of at least 4 members (excludes halogenated alkanes) is 1. The lowest BCUT2D eigenvalue weighted by Crippen LogP contribution is -2.29. The quantitative estimate of drug-likeness (QED) is 0.582. The van der Waals surface area contributed by atoms with Gasteiger partial charge < -0.3 is 10.6 Å². The number of rotatable bonds is 6. The third kappa shape index (κ3) is 5.14. The van der Waals surface area contributed by atoms with Gasteiger partial charge in [-0.15, -0.1) is 12.3 Å². The van der Waals surface area contributed by atoms with Crippen LogP contribution in [0, 0.1) is 18.2 Å². The van der Waals surface area contributed by atoms with Gasteiger partial charge in [0.25, 0.3) is 0 Å². The average Bonchev–Trinajstić information content (AvgIpc) is 2.32. The molecule has 1 rings (SSSR count). The van der Waals surface area contributed by atoms with Crippen LogP contribution in [0.4, 0.5) is 10.1 Å². The van der Waals surface area contributed by atoms with Gasteiger partial charge in [0.2, 0.25) is 5.91 Å². The summed E-state index contributed by atoms with van der Waals surface area (Å²) in [4.78, 5) is 11.4. The molecule has 1 amide bonds. The molecule has 0 unspecified atom stereocenters. The molecule has 0 saturated heterocycles. The van der Waals surface area contributed by atoms with Gasteiger partial charge in [0.1, 0.15) is 5.82 Å². The first-order chi connectivity index (χ1) is 8.24. The molecule has 0 spiro atoms. The zero-order chi connectivity index (χ0) is 12.5. The van der Waals surface area contributed by atoms with Crippen molar-refractivity contribution >= 4 is 11.6 Å². The van der Waals surface area contributed by atoms with Crippen LogP contribution in [0.2, 0.25) is 0 Å². The Hall–Kier alpha value is -1.86. The Labute approximate surface area is 100 Å². The van der Waals surface area contributed by atoms with Crippen molar-refractivity contribution in [3.05, 3.63) is 30.1 Å². The van der Waals surface area contributed by atoms with E-state index in [0.717, 1.165) is 6.42 Å². The highest BCUT2D eigenvalue weighted by Crippen LogP contribution is 2.11. The largest absolute Gasteiger partial charge is 0.322 e. The van der Waals surface area contributed by atoms with Crippen molar-refractivity contribution in [2.45, 2.75) is 12.8 Å². The van der Waals surface area contributed by atoms with Crippen LogP contribution < -0.4 is 10.6 Å². The number of carbonyl (C=O) groups is 1. The molecule has 1 aromatic carbocycles. The van der Waals surface area contributed by atoms with Gasteiger partial charge in [-0.25, -0.2) is 4.39 Å². The minimum atomic E-state index is -0.437. The smallest absolute Gasteiger partial charge is 0.238 e. The summed E-state index contributed by atoms with van der Waals surface area (Å²) in [6, 6.07) is 6.06. The molecule has 0 aliphatic rings. The van der Waals surface area contributed by atoms with Crippen molar-refractivity contribution in [3.63, 3.8) is 0 Å². The van der Waals surface area contributed by atoms with E-state index >= 15 is 0 Å². The minimum Gasteiger partial charge on any atom is -0.322 e. The number of anilines is 1. The number of hydrogen-bond acceptors (Lipinski definition) is 2. The van der Waals surface area contributed by atoms with Crippen LogP contribution in [0.3, 0.4) is 0 Å². The van der Waals surface area contributed by atoms with Gasteiger partial charge >= 0.3 is 0 Å². The lowest BCUT2D eigenvalue weighted by Gasteiger charge is -2.06. The SMILES string of the molecule is C#CCCCNCC(=O)Nc1ccccc1F. The molecule has 0 atom stereocenters. The van der Waals surface area contributed by atoms with Crippen LogP contribution in [0.25, 0.3) is 0 Å². The van der Waals surface area contributed by atoms with Crippen molar-refractivity contribution in [1.29, 1.82) is 0 Å². The maximum absolute atomic E-state index is 13.2. The lowest BCUT2D eigenvalue weighted by atomic mass is 10.3. The van der Waals surface area contributed by atoms with E-state index in [-0.39, 0.29) is 18.1 Å². The predicted octanol–water partition coefficient (Wildman–Crippen LogP) is 1.77. The number of amides is 1. The monoisotopic (exact) mass is 234 g/mol. The number of carbonyl (C=O) groups excluding carboxylic acids is 1. The first-order valence-electron chi connectivity index (χ1n) is 5.42. The molecule has 2 N–H and O–H groups in total. The highest BCUT2D eigenvalue weighted by Gasteiger charge is 2.04. The Morgan fingerprint density at radius 2 is 2.18 bits per heavy atom. The van der Waals surface area contributed by atoms with Crippen molar-refractivity contribution in [3.8, 4) is 12.3 Å². The maximum atomic E-state index is 13.2. The van der Waals surface area contributed by atoms with E-state index < -0.39 is 5.82 Å². The van der Waals surface area contributed by atoms with Crippen molar-refractivity contribution in [2.75, 3.05) is 18.4 Å². The molecule has 3 nitrogen and oxygen atoms in total. The fourth-order valence-electron chi connectivity index (χ4n) is 1.27. The van der Waals surface area contributed by atoms with Crippen LogP contribution >= 0.6 is 0 Å². The molecule has 0 aromatic heterocycles. The van der Waals surface area contributed by atoms with Crippen LogP contribution in [-0.2, 0) is 4.79 Å². The number of para-hydroxylation sites is 1. The molecule has 0 aliphatic carbocycles. The number of hydrogen-bond donors (Lipinski definition) is 2. The second kappa shape index (κ2) is 7.42. The van der Waals surface area contributed by atoms with E-state index in [2.05, 4.69) is 16.6 Å². The second-order valence-corrected chi connectivity index (χ2v) is 3.51. The Morgan fingerprint density at radius 1 is 1.41 bits per heavy atom. The predicted molar refractivity (Wildman–Crippen MR) is 66.0 cm³/mol. The summed E-state index contributed by atoms with van der Waals surface area (Å²) >= 11 is 0. The van der Waals surface area contributed by atoms with Gasteiger partial charge in [0.05, 0.1) is 12.2 Å². The van der Waals surface area contributed by atoms with Crippen LogP contribution in [0.5, 0.6) is 0 Å². The van der Waals surface area contributed by atoms with Crippen molar-refractivity contribution < 1.29 is 9.18 Å². The zero-order valence-corrected chi connectivity index (χ0v) is 9.50. The summed E-state index contributed by atoms with van der Waals surface area (Å²) in [5.41, 5.74) is 0.197. The highest BCUT2D eigenvalue weighted by molar-refractivity contribution is 5.92. The molecule has 0 aliphatic heterocycles. The molecule has 0 bridgehead atoms. The van der Waals surface area contributed by atoms with E-state index in [1.807, 2.05) is 0 Å². The van der Waals surface area contributed by atoms with E-state index in [0.29, 0.717) is 13.0 Å². The number of benzene rings is 1. The molecule has 0 radical (unpaired) electrons. The third-order valence-corrected chi connectivity index (χ3v) is 2.11. The normalized spacial score (nSPS) is 9.65. The van der Waals surface area contributed by atoms with E-state index in [1.165, 1.54) is 12.1 Å². The summed E-state index contributed by atoms with van der Waals surface area (Å²) in [7, 11) is 0. The molecule has 0 heterocycles. The summed E-state index contributed by atoms with van der Waals surface area (Å²) in [5.74, 6) is 1.81. The van der Waals surface area contributed by atoms with Crippen molar-refractivity contribution in [2.24, 2.45) is 0 Å². The van der Waals surface area contributed by atoms with Crippen molar-refractivity contribution in [1.82, 2.24) is 5.32 Å². The van der Waals surface area contributed by atoms with Gasteiger partial charge in [-0.05, 0) is 25.1 Å². The van der Waals surface area contributed by atoms with Gasteiger partial charge in [-0.2, -0.15) is 0 Å². The number of terminal acetylenes is 1. The third-order valence-electron chi connectivity index (χ3n) is 2.11. The first kappa shape index (κ1) is 13.2. The fraction of sp³-hybridized carbons (Fsp3) is 0.308. The first-order valence-corrected chi connectivity index (χ1v) is 5.42. The molecule has 0 saturated carbocycles. The zero-order valence-electron chi connectivity index (χ0n) is 9.50. The minimum absolute atomic E-state index is 0.152. The highest BCUT2D eigenvalue weighted by atomic mass is 19.1. The van der Waals surface area contributed by atoms with E-state index in [9.17, 15) is 9.18 Å². The Kier molecular flexibility index (Phi) is 5.76. The van der Waals surface area contributed by atoms with Gasteiger partial charge in [-0.1, -0.05) is 12.1 Å². The second-order valence-electron chi connectivity index (χ2n) is 3.51.